The maximum Gasteiger partial charge on any atom is 0.419 e. The summed E-state index contributed by atoms with van der Waals surface area (Å²) in [6, 6.07) is 6.85. The summed E-state index contributed by atoms with van der Waals surface area (Å²) >= 11 is 3.11. The molecule has 3 rings (SSSR count). The van der Waals surface area contributed by atoms with Crippen molar-refractivity contribution < 1.29 is 17.2 Å². The number of sulfonamides is 1. The second-order valence-corrected chi connectivity index (χ2v) is 7.99. The number of halogens is 2. The Labute approximate surface area is 151 Å². The molecule has 1 heterocycles. The molecule has 0 aliphatic rings. The fourth-order valence-electron chi connectivity index (χ4n) is 2.56. The van der Waals surface area contributed by atoms with Crippen LogP contribution in [-0.4, -0.2) is 13.0 Å². The van der Waals surface area contributed by atoms with Gasteiger partial charge in [-0.25, -0.2) is 17.6 Å². The van der Waals surface area contributed by atoms with Crippen LogP contribution in [0.15, 0.2) is 48.9 Å². The van der Waals surface area contributed by atoms with Crippen LogP contribution < -0.4 is 10.5 Å². The van der Waals surface area contributed by atoms with E-state index in [4.69, 9.17) is 4.42 Å². The highest BCUT2D eigenvalue weighted by Gasteiger charge is 2.21. The van der Waals surface area contributed by atoms with E-state index in [1.807, 2.05) is 0 Å². The molecule has 2 aromatic carbocycles. The summed E-state index contributed by atoms with van der Waals surface area (Å²) in [5, 5.41) is 0. The van der Waals surface area contributed by atoms with E-state index in [2.05, 4.69) is 20.7 Å². The maximum absolute atomic E-state index is 13.9. The fraction of sp³-hybridized carbons (Fsp3) is 0.188. The van der Waals surface area contributed by atoms with E-state index in [1.165, 1.54) is 22.8 Å². The lowest BCUT2D eigenvalue weighted by Crippen LogP contribution is -2.15. The van der Waals surface area contributed by atoms with Crippen molar-refractivity contribution in [2.75, 3.05) is 4.72 Å². The summed E-state index contributed by atoms with van der Waals surface area (Å²) in [5.41, 5.74) is 0.920. The normalized spacial score (nSPS) is 11.8. The van der Waals surface area contributed by atoms with Gasteiger partial charge in [-0.2, -0.15) is 0 Å². The Balaban J connectivity index is 2.11. The minimum atomic E-state index is -4.06. The van der Waals surface area contributed by atoms with Crippen molar-refractivity contribution in [3.63, 3.8) is 0 Å². The Bertz CT molecular complexity index is 1130. The largest absolute Gasteiger partial charge is 0.419 e. The van der Waals surface area contributed by atoms with Gasteiger partial charge in [-0.1, -0.05) is 15.9 Å². The topological polar surface area (TPSA) is 81.3 Å². The molecule has 0 unspecified atom stereocenters. The molecule has 0 amide bonds. The quantitative estimate of drug-likeness (QED) is 0.687. The first-order valence-electron chi connectivity index (χ1n) is 7.35. The van der Waals surface area contributed by atoms with E-state index < -0.39 is 21.6 Å². The van der Waals surface area contributed by atoms with E-state index in [9.17, 15) is 17.6 Å². The van der Waals surface area contributed by atoms with Crippen LogP contribution >= 0.6 is 15.9 Å². The number of benzene rings is 2. The minimum Gasteiger partial charge on any atom is -0.408 e. The van der Waals surface area contributed by atoms with Crippen molar-refractivity contribution in [2.24, 2.45) is 0 Å². The number of hydrogen-bond donors (Lipinski definition) is 1. The standard InChI is InChI=1S/C16H14BrFN2O4S/c1-3-20-13-6-9(2)15(8-14(13)24-16(20)21)25(22,23)19-12-5-4-10(17)7-11(12)18/h4-8,19H,3H2,1-2H3. The van der Waals surface area contributed by atoms with Crippen molar-refractivity contribution in [2.45, 2.75) is 25.3 Å². The van der Waals surface area contributed by atoms with Crippen LogP contribution in [-0.2, 0) is 16.6 Å². The number of aromatic nitrogens is 1. The molecular weight excluding hydrogens is 415 g/mol. The van der Waals surface area contributed by atoms with Crippen LogP contribution in [0, 0.1) is 12.7 Å². The molecule has 1 aromatic heterocycles. The molecule has 0 aliphatic carbocycles. The molecule has 0 radical (unpaired) electrons. The van der Waals surface area contributed by atoms with E-state index in [0.29, 0.717) is 22.1 Å². The van der Waals surface area contributed by atoms with E-state index in [1.54, 1.807) is 19.9 Å². The highest BCUT2D eigenvalue weighted by molar-refractivity contribution is 9.10. The van der Waals surface area contributed by atoms with Gasteiger partial charge >= 0.3 is 5.76 Å². The van der Waals surface area contributed by atoms with Crippen molar-refractivity contribution in [3.8, 4) is 0 Å². The molecule has 3 aromatic rings. The maximum atomic E-state index is 13.9. The minimum absolute atomic E-state index is 0.0840. The Kier molecular flexibility index (Phi) is 4.46. The molecule has 9 heteroatoms. The number of nitrogens with zero attached hydrogens (tertiary/aromatic N) is 1. The van der Waals surface area contributed by atoms with Gasteiger partial charge in [0.2, 0.25) is 0 Å². The number of hydrogen-bond acceptors (Lipinski definition) is 4. The molecule has 0 fully saturated rings. The first-order chi connectivity index (χ1) is 11.7. The first kappa shape index (κ1) is 17.7. The van der Waals surface area contributed by atoms with E-state index in [-0.39, 0.29) is 16.2 Å². The SMILES string of the molecule is CCn1c(=O)oc2cc(S(=O)(=O)Nc3ccc(Br)cc3F)c(C)cc21. The van der Waals surface area contributed by atoms with Gasteiger partial charge in [0.1, 0.15) is 5.82 Å². The number of fused-ring (bicyclic) bond motifs is 1. The number of rotatable bonds is 4. The average Bonchev–Trinajstić information content (AvgIpc) is 2.83. The summed E-state index contributed by atoms with van der Waals surface area (Å²) in [6.45, 7) is 3.79. The predicted molar refractivity (Wildman–Crippen MR) is 95.8 cm³/mol. The zero-order valence-corrected chi connectivity index (χ0v) is 15.7. The zero-order chi connectivity index (χ0) is 18.4. The van der Waals surface area contributed by atoms with Gasteiger partial charge in [0.25, 0.3) is 10.0 Å². The molecule has 0 spiro atoms. The molecule has 132 valence electrons. The third kappa shape index (κ3) is 3.21. The third-order valence-corrected chi connectivity index (χ3v) is 5.75. The number of anilines is 1. The molecule has 6 nitrogen and oxygen atoms in total. The molecule has 0 aliphatic heterocycles. The molecule has 25 heavy (non-hydrogen) atoms. The predicted octanol–water partition coefficient (Wildman–Crippen LogP) is 3.63. The van der Waals surface area contributed by atoms with Gasteiger partial charge in [0.15, 0.2) is 5.58 Å². The van der Waals surface area contributed by atoms with Crippen LogP contribution in [0.2, 0.25) is 0 Å². The summed E-state index contributed by atoms with van der Waals surface area (Å²) in [6.07, 6.45) is 0. The Morgan fingerprint density at radius 3 is 2.64 bits per heavy atom. The molecule has 0 atom stereocenters. The Hall–Kier alpha value is -2.13. The third-order valence-electron chi connectivity index (χ3n) is 3.75. The lowest BCUT2D eigenvalue weighted by atomic mass is 10.2. The second kappa shape index (κ2) is 6.30. The highest BCUT2D eigenvalue weighted by atomic mass is 79.9. The summed E-state index contributed by atoms with van der Waals surface area (Å²) in [7, 11) is -4.06. The van der Waals surface area contributed by atoms with E-state index in [0.717, 1.165) is 6.07 Å². The molecule has 0 saturated heterocycles. The van der Waals surface area contributed by atoms with Crippen LogP contribution in [0.4, 0.5) is 10.1 Å². The summed E-state index contributed by atoms with van der Waals surface area (Å²) in [4.78, 5) is 11.7. The van der Waals surface area contributed by atoms with Gasteiger partial charge in [-0.3, -0.25) is 9.29 Å². The molecular formula is C16H14BrFN2O4S. The van der Waals surface area contributed by atoms with Crippen LogP contribution in [0.5, 0.6) is 0 Å². The molecule has 0 bridgehead atoms. The average molecular weight is 429 g/mol. The van der Waals surface area contributed by atoms with Gasteiger partial charge in [-0.05, 0) is 43.7 Å². The smallest absolute Gasteiger partial charge is 0.408 e. The second-order valence-electron chi connectivity index (χ2n) is 5.43. The zero-order valence-electron chi connectivity index (χ0n) is 13.3. The van der Waals surface area contributed by atoms with Crippen LogP contribution in [0.3, 0.4) is 0 Å². The lowest BCUT2D eigenvalue weighted by Gasteiger charge is -2.11. The molecule has 0 saturated carbocycles. The van der Waals surface area contributed by atoms with Crippen molar-refractivity contribution in [3.05, 3.63) is 56.7 Å². The summed E-state index contributed by atoms with van der Waals surface area (Å²) in [5.74, 6) is -1.27. The number of aryl methyl sites for hydroxylation is 2. The van der Waals surface area contributed by atoms with Gasteiger partial charge in [0.05, 0.1) is 16.1 Å². The first-order valence-corrected chi connectivity index (χ1v) is 9.62. The van der Waals surface area contributed by atoms with Gasteiger partial charge in [-0.15, -0.1) is 0 Å². The van der Waals surface area contributed by atoms with Gasteiger partial charge in [0, 0.05) is 17.1 Å². The van der Waals surface area contributed by atoms with Crippen molar-refractivity contribution in [1.29, 1.82) is 0 Å². The molecule has 1 N–H and O–H groups in total. The highest BCUT2D eigenvalue weighted by Crippen LogP contribution is 2.27. The van der Waals surface area contributed by atoms with Crippen LogP contribution in [0.25, 0.3) is 11.1 Å². The van der Waals surface area contributed by atoms with Gasteiger partial charge < -0.3 is 4.42 Å². The van der Waals surface area contributed by atoms with E-state index >= 15 is 0 Å². The Morgan fingerprint density at radius 1 is 1.28 bits per heavy atom. The number of nitrogens with one attached hydrogen (secondary N) is 1. The van der Waals surface area contributed by atoms with Crippen molar-refractivity contribution >= 4 is 42.7 Å². The Morgan fingerprint density at radius 2 is 2.00 bits per heavy atom. The van der Waals surface area contributed by atoms with Crippen LogP contribution in [0.1, 0.15) is 12.5 Å². The summed E-state index contributed by atoms with van der Waals surface area (Å²) < 4.78 is 48.5. The van der Waals surface area contributed by atoms with Crippen molar-refractivity contribution in [1.82, 2.24) is 4.57 Å². The number of oxazole rings is 1. The lowest BCUT2D eigenvalue weighted by molar-refractivity contribution is 0.512. The monoisotopic (exact) mass is 428 g/mol. The fourth-order valence-corrected chi connectivity index (χ4v) is 4.20.